The molecule has 0 aliphatic rings. The second-order valence-corrected chi connectivity index (χ2v) is 4.80. The third-order valence-corrected chi connectivity index (χ3v) is 2.85. The number of nitrogens with one attached hydrogen (secondary N) is 2. The highest BCUT2D eigenvalue weighted by molar-refractivity contribution is 5.83. The number of carbonyl (C=O) groups excluding carboxylic acids is 2. The highest BCUT2D eigenvalue weighted by atomic mass is 16.5. The van der Waals surface area contributed by atoms with E-state index < -0.39 is 6.03 Å². The van der Waals surface area contributed by atoms with Crippen LogP contribution in [0.2, 0.25) is 0 Å². The number of hydrogen-bond donors (Lipinski definition) is 3. The molecule has 4 N–H and O–H groups in total. The Hall–Kier alpha value is -1.30. The van der Waals surface area contributed by atoms with E-state index >= 15 is 0 Å². The van der Waals surface area contributed by atoms with E-state index in [-0.39, 0.29) is 12.5 Å². The molecule has 0 atom stereocenters. The van der Waals surface area contributed by atoms with Crippen LogP contribution in [0, 0.1) is 0 Å². The molecule has 0 unspecified atom stereocenters. The lowest BCUT2D eigenvalue weighted by Crippen LogP contribution is -2.39. The van der Waals surface area contributed by atoms with Crippen molar-refractivity contribution >= 4 is 11.9 Å². The van der Waals surface area contributed by atoms with Crippen molar-refractivity contribution in [2.75, 3.05) is 26.3 Å². The molecule has 0 fully saturated rings. The minimum Gasteiger partial charge on any atom is -0.381 e. The van der Waals surface area contributed by atoms with Gasteiger partial charge in [0.15, 0.2) is 0 Å². The first kappa shape index (κ1) is 18.7. The Morgan fingerprint density at radius 1 is 0.950 bits per heavy atom. The van der Waals surface area contributed by atoms with Gasteiger partial charge in [0, 0.05) is 19.8 Å². The van der Waals surface area contributed by atoms with Gasteiger partial charge in [-0.05, 0) is 12.8 Å². The molecule has 0 radical (unpaired) electrons. The van der Waals surface area contributed by atoms with E-state index in [9.17, 15) is 9.59 Å². The van der Waals surface area contributed by atoms with Crippen LogP contribution >= 0.6 is 0 Å². The highest BCUT2D eigenvalue weighted by Gasteiger charge is 2.00. The van der Waals surface area contributed by atoms with Crippen LogP contribution in [0.25, 0.3) is 0 Å². The van der Waals surface area contributed by atoms with Crippen molar-refractivity contribution < 1.29 is 14.3 Å². The number of rotatable bonds is 13. The van der Waals surface area contributed by atoms with Crippen molar-refractivity contribution in [2.45, 2.75) is 51.9 Å². The van der Waals surface area contributed by atoms with Crippen molar-refractivity contribution in [1.82, 2.24) is 10.6 Å². The smallest absolute Gasteiger partial charge is 0.312 e. The lowest BCUT2D eigenvalue weighted by atomic mass is 10.1. The molecule has 0 aliphatic heterocycles. The van der Waals surface area contributed by atoms with Gasteiger partial charge in [-0.25, -0.2) is 4.79 Å². The molecule has 0 saturated heterocycles. The third-order valence-electron chi connectivity index (χ3n) is 2.85. The van der Waals surface area contributed by atoms with E-state index in [4.69, 9.17) is 10.5 Å². The van der Waals surface area contributed by atoms with Crippen LogP contribution in [0.5, 0.6) is 0 Å². The highest BCUT2D eigenvalue weighted by Crippen LogP contribution is 2.04. The average molecular weight is 287 g/mol. The number of unbranched alkanes of at least 4 members (excludes halogenated alkanes) is 5. The number of carbonyl (C=O) groups is 2. The average Bonchev–Trinajstić information content (AvgIpc) is 2.42. The van der Waals surface area contributed by atoms with Gasteiger partial charge >= 0.3 is 6.03 Å². The molecular weight excluding hydrogens is 258 g/mol. The zero-order chi connectivity index (χ0) is 15.1. The maximum absolute atomic E-state index is 11.2. The Labute approximate surface area is 121 Å². The summed E-state index contributed by atoms with van der Waals surface area (Å²) in [5, 5.41) is 4.90. The lowest BCUT2D eigenvalue weighted by molar-refractivity contribution is -0.120. The molecule has 0 saturated carbocycles. The predicted molar refractivity (Wildman–Crippen MR) is 79.4 cm³/mol. The van der Waals surface area contributed by atoms with E-state index in [1.165, 1.54) is 32.1 Å². The van der Waals surface area contributed by atoms with Gasteiger partial charge in [0.25, 0.3) is 0 Å². The Morgan fingerprint density at radius 2 is 1.60 bits per heavy atom. The molecule has 6 nitrogen and oxygen atoms in total. The van der Waals surface area contributed by atoms with E-state index in [0.717, 1.165) is 19.4 Å². The maximum atomic E-state index is 11.2. The molecule has 3 amide bonds. The van der Waals surface area contributed by atoms with Gasteiger partial charge in [0.05, 0.1) is 6.54 Å². The summed E-state index contributed by atoms with van der Waals surface area (Å²) in [5.74, 6) is -0.236. The van der Waals surface area contributed by atoms with Crippen LogP contribution in [0.1, 0.15) is 51.9 Å². The topological polar surface area (TPSA) is 93.4 Å². The van der Waals surface area contributed by atoms with E-state index in [0.29, 0.717) is 13.2 Å². The van der Waals surface area contributed by atoms with E-state index in [1.807, 2.05) is 0 Å². The summed E-state index contributed by atoms with van der Waals surface area (Å²) in [5.41, 5.74) is 4.85. The Kier molecular flexibility index (Phi) is 13.2. The quantitative estimate of drug-likeness (QED) is 0.448. The maximum Gasteiger partial charge on any atom is 0.312 e. The van der Waals surface area contributed by atoms with Crippen molar-refractivity contribution in [1.29, 1.82) is 0 Å². The SMILES string of the molecule is CCCCCCCCOCCCNC(=O)CNC(N)=O. The van der Waals surface area contributed by atoms with Gasteiger partial charge in [-0.15, -0.1) is 0 Å². The molecule has 0 bridgehead atoms. The molecule has 20 heavy (non-hydrogen) atoms. The van der Waals surface area contributed by atoms with Crippen molar-refractivity contribution in [3.05, 3.63) is 0 Å². The predicted octanol–water partition coefficient (Wildman–Crippen LogP) is 1.54. The number of amides is 3. The molecule has 0 spiro atoms. The van der Waals surface area contributed by atoms with Gasteiger partial charge in [-0.2, -0.15) is 0 Å². The van der Waals surface area contributed by atoms with Gasteiger partial charge in [0.1, 0.15) is 0 Å². The van der Waals surface area contributed by atoms with Gasteiger partial charge in [0.2, 0.25) is 5.91 Å². The molecule has 0 heterocycles. The summed E-state index contributed by atoms with van der Waals surface area (Å²) in [7, 11) is 0. The van der Waals surface area contributed by atoms with Crippen molar-refractivity contribution in [3.63, 3.8) is 0 Å². The van der Waals surface area contributed by atoms with E-state index in [1.54, 1.807) is 0 Å². The lowest BCUT2D eigenvalue weighted by Gasteiger charge is -2.06. The molecule has 6 heteroatoms. The standard InChI is InChI=1S/C14H29N3O3/c1-2-3-4-5-6-7-10-20-11-8-9-16-13(18)12-17-14(15)19/h2-12H2,1H3,(H,16,18)(H3,15,17,19). The monoisotopic (exact) mass is 287 g/mol. The molecule has 118 valence electrons. The molecular formula is C14H29N3O3. The number of urea groups is 1. The molecule has 0 rings (SSSR count). The van der Waals surface area contributed by atoms with Gasteiger partial charge in [-0.1, -0.05) is 39.0 Å². The summed E-state index contributed by atoms with van der Waals surface area (Å²) in [6.07, 6.45) is 8.33. The minimum absolute atomic E-state index is 0.0754. The van der Waals surface area contributed by atoms with Crippen molar-refractivity contribution in [3.8, 4) is 0 Å². The fourth-order valence-electron chi connectivity index (χ4n) is 1.72. The molecule has 0 aliphatic carbocycles. The van der Waals surface area contributed by atoms with Gasteiger partial charge < -0.3 is 21.1 Å². The van der Waals surface area contributed by atoms with Crippen LogP contribution in [0.3, 0.4) is 0 Å². The first-order valence-electron chi connectivity index (χ1n) is 7.54. The number of ether oxygens (including phenoxy) is 1. The second kappa shape index (κ2) is 14.1. The Morgan fingerprint density at radius 3 is 2.30 bits per heavy atom. The fourth-order valence-corrected chi connectivity index (χ4v) is 1.72. The zero-order valence-electron chi connectivity index (χ0n) is 12.6. The number of primary amides is 1. The normalized spacial score (nSPS) is 10.2. The summed E-state index contributed by atoms with van der Waals surface area (Å²) in [6.45, 7) is 4.14. The van der Waals surface area contributed by atoms with Gasteiger partial charge in [-0.3, -0.25) is 4.79 Å². The Balaban J connectivity index is 3.12. The molecule has 0 aromatic heterocycles. The zero-order valence-corrected chi connectivity index (χ0v) is 12.6. The molecule has 0 aromatic carbocycles. The summed E-state index contributed by atoms with van der Waals surface area (Å²) in [4.78, 5) is 21.6. The Bertz CT molecular complexity index is 260. The van der Waals surface area contributed by atoms with Crippen LogP contribution < -0.4 is 16.4 Å². The number of nitrogens with two attached hydrogens (primary N) is 1. The van der Waals surface area contributed by atoms with Crippen molar-refractivity contribution in [2.24, 2.45) is 5.73 Å². The molecule has 0 aromatic rings. The fraction of sp³-hybridized carbons (Fsp3) is 0.857. The van der Waals surface area contributed by atoms with Crippen LogP contribution in [-0.4, -0.2) is 38.2 Å². The summed E-state index contributed by atoms with van der Waals surface area (Å²) >= 11 is 0. The van der Waals surface area contributed by atoms with Crippen LogP contribution in [0.15, 0.2) is 0 Å². The largest absolute Gasteiger partial charge is 0.381 e. The van der Waals surface area contributed by atoms with E-state index in [2.05, 4.69) is 17.6 Å². The van der Waals surface area contributed by atoms with Crippen LogP contribution in [-0.2, 0) is 9.53 Å². The first-order chi connectivity index (χ1) is 9.66. The first-order valence-corrected chi connectivity index (χ1v) is 7.54. The summed E-state index contributed by atoms with van der Waals surface area (Å²) < 4.78 is 5.48. The third kappa shape index (κ3) is 14.8. The second-order valence-electron chi connectivity index (χ2n) is 4.80. The minimum atomic E-state index is -0.692. The van der Waals surface area contributed by atoms with Crippen LogP contribution in [0.4, 0.5) is 4.79 Å². The summed E-state index contributed by atoms with van der Waals surface area (Å²) in [6, 6.07) is -0.692. The number of hydrogen-bond acceptors (Lipinski definition) is 3.